The van der Waals surface area contributed by atoms with Gasteiger partial charge in [-0.3, -0.25) is 0 Å². The van der Waals surface area contributed by atoms with Gasteiger partial charge in [-0.05, 0) is 30.5 Å². The van der Waals surface area contributed by atoms with Crippen molar-refractivity contribution >= 4 is 11.9 Å². The summed E-state index contributed by atoms with van der Waals surface area (Å²) in [6.07, 6.45) is 1.88. The zero-order valence-corrected chi connectivity index (χ0v) is 10.5. The van der Waals surface area contributed by atoms with Gasteiger partial charge in [0.1, 0.15) is 17.6 Å². The Morgan fingerprint density at radius 1 is 1.30 bits per heavy atom. The van der Waals surface area contributed by atoms with Gasteiger partial charge in [0.2, 0.25) is 0 Å². The standard InChI is InChI=1S/C13H13F2N3O2/c14-12(15)20-9-5-1-7(2-6-9)10-11(16)17-13(19)18(10)8-3-4-8/h1-2,5-6,8,10,12H,3-4H2,(H2,16,17,19). The molecule has 2 N–H and O–H groups in total. The Balaban J connectivity index is 1.83. The van der Waals surface area contributed by atoms with Crippen LogP contribution in [-0.4, -0.2) is 29.4 Å². The number of amides is 2. The van der Waals surface area contributed by atoms with Crippen LogP contribution in [0.25, 0.3) is 0 Å². The maximum atomic E-state index is 12.1. The molecule has 3 rings (SSSR count). The third kappa shape index (κ3) is 2.31. The molecule has 1 aromatic rings. The molecule has 1 aliphatic carbocycles. The molecule has 1 saturated carbocycles. The molecule has 0 spiro atoms. The first-order valence-electron chi connectivity index (χ1n) is 6.27. The molecular formula is C13H13F2N3O2. The van der Waals surface area contributed by atoms with E-state index in [1.165, 1.54) is 12.1 Å². The van der Waals surface area contributed by atoms with Crippen LogP contribution in [0.5, 0.6) is 5.75 Å². The number of amidine groups is 1. The lowest BCUT2D eigenvalue weighted by atomic mass is 10.1. The molecule has 0 radical (unpaired) electrons. The van der Waals surface area contributed by atoms with Crippen LogP contribution in [0.4, 0.5) is 13.6 Å². The topological polar surface area (TPSA) is 67.9 Å². The molecule has 7 heteroatoms. The first-order valence-corrected chi connectivity index (χ1v) is 6.27. The Kier molecular flexibility index (Phi) is 3.04. The predicted octanol–water partition coefficient (Wildman–Crippen LogP) is 2.28. The maximum Gasteiger partial charge on any atom is 0.387 e. The highest BCUT2D eigenvalue weighted by Gasteiger charge is 2.43. The number of hydrogen-bond acceptors (Lipinski definition) is 3. The van der Waals surface area contributed by atoms with Crippen molar-refractivity contribution < 1.29 is 18.3 Å². The highest BCUT2D eigenvalue weighted by molar-refractivity contribution is 6.03. The van der Waals surface area contributed by atoms with Gasteiger partial charge < -0.3 is 15.4 Å². The lowest BCUT2D eigenvalue weighted by Crippen LogP contribution is -2.34. The van der Waals surface area contributed by atoms with Crippen LogP contribution >= 0.6 is 0 Å². The van der Waals surface area contributed by atoms with Gasteiger partial charge in [0.25, 0.3) is 0 Å². The highest BCUT2D eigenvalue weighted by Crippen LogP contribution is 2.38. The average Bonchev–Trinajstić information content (AvgIpc) is 3.16. The molecule has 0 saturated heterocycles. The average molecular weight is 281 g/mol. The second kappa shape index (κ2) is 4.73. The first-order chi connectivity index (χ1) is 9.56. The zero-order chi connectivity index (χ0) is 14.3. The number of alkyl halides is 2. The molecule has 2 aliphatic rings. The molecule has 20 heavy (non-hydrogen) atoms. The minimum Gasteiger partial charge on any atom is -0.435 e. The number of benzene rings is 1. The lowest BCUT2D eigenvalue weighted by Gasteiger charge is -2.24. The van der Waals surface area contributed by atoms with Crippen molar-refractivity contribution in [1.82, 2.24) is 4.90 Å². The van der Waals surface area contributed by atoms with Crippen molar-refractivity contribution in [3.05, 3.63) is 29.8 Å². The Morgan fingerprint density at radius 2 is 1.95 bits per heavy atom. The van der Waals surface area contributed by atoms with E-state index in [0.29, 0.717) is 0 Å². The van der Waals surface area contributed by atoms with Crippen LogP contribution in [0.2, 0.25) is 0 Å². The van der Waals surface area contributed by atoms with Crippen molar-refractivity contribution in [2.75, 3.05) is 0 Å². The normalized spacial score (nSPS) is 22.4. The van der Waals surface area contributed by atoms with Crippen molar-refractivity contribution in [3.8, 4) is 5.75 Å². The number of halogens is 2. The number of urea groups is 1. The van der Waals surface area contributed by atoms with Gasteiger partial charge in [0.15, 0.2) is 0 Å². The van der Waals surface area contributed by atoms with Crippen molar-refractivity contribution in [3.63, 3.8) is 0 Å². The van der Waals surface area contributed by atoms with E-state index < -0.39 is 12.7 Å². The van der Waals surface area contributed by atoms with E-state index in [0.717, 1.165) is 18.4 Å². The SMILES string of the molecule is NC1=NC(=O)N(C2CC2)C1c1ccc(OC(F)F)cc1. The number of nitrogens with zero attached hydrogens (tertiary/aromatic N) is 2. The third-order valence-electron chi connectivity index (χ3n) is 3.37. The van der Waals surface area contributed by atoms with E-state index in [-0.39, 0.29) is 23.7 Å². The van der Waals surface area contributed by atoms with Gasteiger partial charge in [-0.15, -0.1) is 0 Å². The molecule has 0 aromatic heterocycles. The quantitative estimate of drug-likeness (QED) is 0.920. The third-order valence-corrected chi connectivity index (χ3v) is 3.37. The molecule has 0 bridgehead atoms. The fraction of sp³-hybridized carbons (Fsp3) is 0.385. The molecule has 2 amide bonds. The van der Waals surface area contributed by atoms with Gasteiger partial charge in [-0.2, -0.15) is 13.8 Å². The zero-order valence-electron chi connectivity index (χ0n) is 10.5. The van der Waals surface area contributed by atoms with Crippen LogP contribution in [0.3, 0.4) is 0 Å². The largest absolute Gasteiger partial charge is 0.435 e. The van der Waals surface area contributed by atoms with Crippen molar-refractivity contribution in [2.24, 2.45) is 10.7 Å². The van der Waals surface area contributed by atoms with E-state index in [2.05, 4.69) is 9.73 Å². The minimum atomic E-state index is -2.86. The summed E-state index contributed by atoms with van der Waals surface area (Å²) in [5.74, 6) is 0.311. The summed E-state index contributed by atoms with van der Waals surface area (Å²) >= 11 is 0. The Labute approximate surface area is 114 Å². The van der Waals surface area contributed by atoms with Crippen molar-refractivity contribution in [2.45, 2.75) is 31.5 Å². The Bertz CT molecular complexity index is 555. The molecule has 1 heterocycles. The highest BCUT2D eigenvalue weighted by atomic mass is 19.3. The molecule has 106 valence electrons. The molecule has 1 aliphatic heterocycles. The summed E-state index contributed by atoms with van der Waals surface area (Å²) < 4.78 is 28.5. The maximum absolute atomic E-state index is 12.1. The van der Waals surface area contributed by atoms with E-state index in [1.54, 1.807) is 17.0 Å². The first kappa shape index (κ1) is 12.8. The second-order valence-electron chi connectivity index (χ2n) is 4.81. The van der Waals surface area contributed by atoms with E-state index in [1.807, 2.05) is 0 Å². The number of ether oxygens (including phenoxy) is 1. The van der Waals surface area contributed by atoms with Gasteiger partial charge in [0, 0.05) is 6.04 Å². The summed E-state index contributed by atoms with van der Waals surface area (Å²) in [5, 5.41) is 0. The number of rotatable bonds is 4. The fourth-order valence-corrected chi connectivity index (χ4v) is 2.36. The van der Waals surface area contributed by atoms with E-state index in [4.69, 9.17) is 5.73 Å². The van der Waals surface area contributed by atoms with Gasteiger partial charge in [0.05, 0.1) is 0 Å². The van der Waals surface area contributed by atoms with Gasteiger partial charge in [-0.25, -0.2) is 4.79 Å². The number of carbonyl (C=O) groups excluding carboxylic acids is 1. The fourth-order valence-electron chi connectivity index (χ4n) is 2.36. The minimum absolute atomic E-state index is 0.0709. The van der Waals surface area contributed by atoms with Crippen LogP contribution in [0.15, 0.2) is 29.3 Å². The smallest absolute Gasteiger partial charge is 0.387 e. The van der Waals surface area contributed by atoms with Crippen molar-refractivity contribution in [1.29, 1.82) is 0 Å². The predicted molar refractivity (Wildman–Crippen MR) is 67.7 cm³/mol. The summed E-state index contributed by atoms with van der Waals surface area (Å²) in [6.45, 7) is -2.86. The number of nitrogens with two attached hydrogens (primary N) is 1. The Morgan fingerprint density at radius 3 is 2.50 bits per heavy atom. The summed E-state index contributed by atoms with van der Waals surface area (Å²) in [5.41, 5.74) is 6.55. The summed E-state index contributed by atoms with van der Waals surface area (Å²) in [7, 11) is 0. The van der Waals surface area contributed by atoms with Gasteiger partial charge in [-0.1, -0.05) is 12.1 Å². The van der Waals surface area contributed by atoms with Crippen LogP contribution in [-0.2, 0) is 0 Å². The molecular weight excluding hydrogens is 268 g/mol. The van der Waals surface area contributed by atoms with Crippen LogP contribution in [0.1, 0.15) is 24.4 Å². The molecule has 1 atom stereocenters. The summed E-state index contributed by atoms with van der Waals surface area (Å²) in [4.78, 5) is 17.2. The number of hydrogen-bond donors (Lipinski definition) is 1. The molecule has 1 fully saturated rings. The monoisotopic (exact) mass is 281 g/mol. The molecule has 5 nitrogen and oxygen atoms in total. The lowest BCUT2D eigenvalue weighted by molar-refractivity contribution is -0.0498. The van der Waals surface area contributed by atoms with Crippen LogP contribution in [0, 0.1) is 0 Å². The van der Waals surface area contributed by atoms with Crippen LogP contribution < -0.4 is 10.5 Å². The Hall–Kier alpha value is -2.18. The van der Waals surface area contributed by atoms with Gasteiger partial charge >= 0.3 is 12.6 Å². The molecule has 1 unspecified atom stereocenters. The summed E-state index contributed by atoms with van der Waals surface area (Å²) in [6, 6.07) is 5.55. The number of carbonyl (C=O) groups is 1. The van der Waals surface area contributed by atoms with E-state index in [9.17, 15) is 13.6 Å². The second-order valence-corrected chi connectivity index (χ2v) is 4.81. The van der Waals surface area contributed by atoms with E-state index >= 15 is 0 Å². The molecule has 1 aromatic carbocycles. The number of aliphatic imine (C=N–C) groups is 1.